The van der Waals surface area contributed by atoms with E-state index in [1.54, 1.807) is 52.0 Å². The van der Waals surface area contributed by atoms with Crippen molar-refractivity contribution in [1.29, 1.82) is 0 Å². The summed E-state index contributed by atoms with van der Waals surface area (Å²) in [5, 5.41) is 2.92. The number of urea groups is 1. The number of rotatable bonds is 2. The molecule has 0 saturated heterocycles. The van der Waals surface area contributed by atoms with Gasteiger partial charge in [-0.05, 0) is 45.9 Å². The van der Waals surface area contributed by atoms with Crippen LogP contribution in [0.25, 0.3) is 11.0 Å². The number of anilines is 1. The lowest BCUT2D eigenvalue weighted by Gasteiger charge is -2.23. The van der Waals surface area contributed by atoms with Crippen LogP contribution in [0, 0.1) is 0 Å². The Morgan fingerprint density at radius 3 is 2.50 bits per heavy atom. The summed E-state index contributed by atoms with van der Waals surface area (Å²) in [7, 11) is 0. The van der Waals surface area contributed by atoms with Gasteiger partial charge in [0.2, 0.25) is 0 Å². The molecule has 1 N–H and O–H groups in total. The minimum atomic E-state index is -0.821. The zero-order valence-electron chi connectivity index (χ0n) is 14.1. The molecule has 0 unspecified atom stereocenters. The van der Waals surface area contributed by atoms with Crippen LogP contribution in [0.4, 0.5) is 15.3 Å². The monoisotopic (exact) mass is 332 g/mol. The summed E-state index contributed by atoms with van der Waals surface area (Å²) in [6.45, 7) is 7.21. The highest BCUT2D eigenvalue weighted by molar-refractivity contribution is 6.01. The molecule has 0 saturated carbocycles. The number of nitrogens with zero attached hydrogens (tertiary/aromatic N) is 1. The van der Waals surface area contributed by atoms with E-state index in [-0.39, 0.29) is 0 Å². The maximum Gasteiger partial charge on any atom is 0.415 e. The van der Waals surface area contributed by atoms with Crippen molar-refractivity contribution in [3.63, 3.8) is 0 Å². The fourth-order valence-corrected chi connectivity index (χ4v) is 2.12. The Balaban J connectivity index is 2.22. The SMILES string of the molecule is CCN(C(=O)NC(=O)OC(C)(C)C)c1ccc2ccc(=O)oc2c1. The molecule has 0 aliphatic carbocycles. The number of amides is 3. The van der Waals surface area contributed by atoms with Crippen molar-refractivity contribution in [3.8, 4) is 0 Å². The van der Waals surface area contributed by atoms with Gasteiger partial charge in [0.1, 0.15) is 11.2 Å². The van der Waals surface area contributed by atoms with E-state index < -0.39 is 23.4 Å². The summed E-state index contributed by atoms with van der Waals surface area (Å²) >= 11 is 0. The van der Waals surface area contributed by atoms with Gasteiger partial charge in [0, 0.05) is 29.8 Å². The maximum atomic E-state index is 12.3. The quantitative estimate of drug-likeness (QED) is 0.853. The van der Waals surface area contributed by atoms with Gasteiger partial charge in [-0.3, -0.25) is 4.90 Å². The molecule has 2 aromatic rings. The Kier molecular flexibility index (Phi) is 4.92. The van der Waals surface area contributed by atoms with E-state index in [4.69, 9.17) is 9.15 Å². The van der Waals surface area contributed by atoms with Crippen LogP contribution in [0.1, 0.15) is 27.7 Å². The van der Waals surface area contributed by atoms with Crippen LogP contribution in [-0.2, 0) is 4.74 Å². The number of hydrogen-bond donors (Lipinski definition) is 1. The number of fused-ring (bicyclic) bond motifs is 1. The third-order valence-electron chi connectivity index (χ3n) is 3.09. The molecule has 1 aromatic heterocycles. The molecular weight excluding hydrogens is 312 g/mol. The highest BCUT2D eigenvalue weighted by atomic mass is 16.6. The van der Waals surface area contributed by atoms with E-state index in [1.165, 1.54) is 11.0 Å². The summed E-state index contributed by atoms with van der Waals surface area (Å²) in [5.74, 6) is 0. The second-order valence-corrected chi connectivity index (χ2v) is 6.15. The van der Waals surface area contributed by atoms with Crippen LogP contribution in [0.3, 0.4) is 0 Å². The lowest BCUT2D eigenvalue weighted by Crippen LogP contribution is -2.45. The molecule has 0 aliphatic rings. The number of nitrogens with one attached hydrogen (secondary N) is 1. The average molecular weight is 332 g/mol. The van der Waals surface area contributed by atoms with Gasteiger partial charge in [-0.25, -0.2) is 19.7 Å². The van der Waals surface area contributed by atoms with Gasteiger partial charge in [-0.2, -0.15) is 0 Å². The molecule has 128 valence electrons. The zero-order chi connectivity index (χ0) is 17.9. The van der Waals surface area contributed by atoms with Crippen LogP contribution < -0.4 is 15.8 Å². The molecule has 7 nitrogen and oxygen atoms in total. The van der Waals surface area contributed by atoms with Crippen molar-refractivity contribution in [1.82, 2.24) is 5.32 Å². The molecule has 1 aromatic carbocycles. The van der Waals surface area contributed by atoms with E-state index in [0.29, 0.717) is 17.8 Å². The predicted octanol–water partition coefficient (Wildman–Crippen LogP) is 3.26. The molecule has 0 radical (unpaired) electrons. The molecule has 1 heterocycles. The fraction of sp³-hybridized carbons (Fsp3) is 0.353. The van der Waals surface area contributed by atoms with E-state index >= 15 is 0 Å². The van der Waals surface area contributed by atoms with Gasteiger partial charge in [0.25, 0.3) is 0 Å². The van der Waals surface area contributed by atoms with Crippen LogP contribution in [-0.4, -0.2) is 24.3 Å². The van der Waals surface area contributed by atoms with E-state index in [1.807, 2.05) is 0 Å². The Morgan fingerprint density at radius 1 is 1.21 bits per heavy atom. The third kappa shape index (κ3) is 4.34. The van der Waals surface area contributed by atoms with Gasteiger partial charge in [-0.1, -0.05) is 0 Å². The van der Waals surface area contributed by atoms with E-state index in [0.717, 1.165) is 5.39 Å². The van der Waals surface area contributed by atoms with Crippen LogP contribution in [0.2, 0.25) is 0 Å². The lowest BCUT2D eigenvalue weighted by molar-refractivity contribution is 0.0549. The van der Waals surface area contributed by atoms with Crippen LogP contribution in [0.15, 0.2) is 39.5 Å². The van der Waals surface area contributed by atoms with Gasteiger partial charge in [0.15, 0.2) is 0 Å². The highest BCUT2D eigenvalue weighted by Crippen LogP contribution is 2.21. The molecule has 0 bridgehead atoms. The number of hydrogen-bond acceptors (Lipinski definition) is 5. The van der Waals surface area contributed by atoms with Crippen molar-refractivity contribution in [2.45, 2.75) is 33.3 Å². The normalized spacial score (nSPS) is 11.2. The second-order valence-electron chi connectivity index (χ2n) is 6.15. The average Bonchev–Trinajstić information content (AvgIpc) is 2.45. The van der Waals surface area contributed by atoms with Crippen molar-refractivity contribution < 1.29 is 18.7 Å². The van der Waals surface area contributed by atoms with Crippen molar-refractivity contribution in [2.24, 2.45) is 0 Å². The molecule has 0 aliphatic heterocycles. The fourth-order valence-electron chi connectivity index (χ4n) is 2.12. The van der Waals surface area contributed by atoms with Crippen LogP contribution in [0.5, 0.6) is 0 Å². The third-order valence-corrected chi connectivity index (χ3v) is 3.09. The summed E-state index contributed by atoms with van der Waals surface area (Å²) in [6, 6.07) is 7.37. The van der Waals surface area contributed by atoms with Gasteiger partial charge < -0.3 is 9.15 Å². The minimum Gasteiger partial charge on any atom is -0.443 e. The Morgan fingerprint density at radius 2 is 1.88 bits per heavy atom. The van der Waals surface area contributed by atoms with Crippen molar-refractivity contribution in [3.05, 3.63) is 40.8 Å². The molecule has 0 atom stereocenters. The molecule has 3 amide bonds. The number of carbonyl (C=O) groups is 2. The van der Waals surface area contributed by atoms with Gasteiger partial charge in [0.05, 0.1) is 0 Å². The lowest BCUT2D eigenvalue weighted by atomic mass is 10.2. The first kappa shape index (κ1) is 17.5. The predicted molar refractivity (Wildman–Crippen MR) is 90.3 cm³/mol. The second kappa shape index (κ2) is 6.74. The van der Waals surface area contributed by atoms with Crippen molar-refractivity contribution >= 4 is 28.8 Å². The molecule has 24 heavy (non-hydrogen) atoms. The maximum absolute atomic E-state index is 12.3. The topological polar surface area (TPSA) is 88.9 Å². The molecule has 2 rings (SSSR count). The number of alkyl carbamates (subject to hydrolysis) is 1. The van der Waals surface area contributed by atoms with E-state index in [9.17, 15) is 14.4 Å². The molecular formula is C17H20N2O5. The Bertz CT molecular complexity index is 820. The summed E-state index contributed by atoms with van der Waals surface area (Å²) in [5.41, 5.74) is -0.307. The zero-order valence-corrected chi connectivity index (χ0v) is 14.1. The first-order valence-electron chi connectivity index (χ1n) is 7.55. The molecule has 0 spiro atoms. The summed E-state index contributed by atoms with van der Waals surface area (Å²) < 4.78 is 10.2. The molecule has 0 fully saturated rings. The van der Waals surface area contributed by atoms with Crippen molar-refractivity contribution in [2.75, 3.05) is 11.4 Å². The minimum absolute atomic E-state index is 0.317. The van der Waals surface area contributed by atoms with Gasteiger partial charge >= 0.3 is 17.7 Å². The smallest absolute Gasteiger partial charge is 0.415 e. The summed E-state index contributed by atoms with van der Waals surface area (Å²) in [6.07, 6.45) is -0.821. The van der Waals surface area contributed by atoms with Gasteiger partial charge in [-0.15, -0.1) is 0 Å². The van der Waals surface area contributed by atoms with E-state index in [2.05, 4.69) is 5.32 Å². The number of ether oxygens (including phenoxy) is 1. The van der Waals surface area contributed by atoms with Crippen LogP contribution >= 0.6 is 0 Å². The number of carbonyl (C=O) groups excluding carboxylic acids is 2. The largest absolute Gasteiger partial charge is 0.443 e. The first-order chi connectivity index (χ1) is 11.2. The first-order valence-corrected chi connectivity index (χ1v) is 7.55. The Hall–Kier alpha value is -2.83. The summed E-state index contributed by atoms with van der Waals surface area (Å²) in [4.78, 5) is 36.7. The molecule has 7 heteroatoms. The number of imide groups is 1. The standard InChI is InChI=1S/C17H20N2O5/c1-5-19(15(21)18-16(22)24-17(2,3)4)12-8-6-11-7-9-14(20)23-13(11)10-12/h6-10H,5H2,1-4H3,(H,18,21,22). The highest BCUT2D eigenvalue weighted by Gasteiger charge is 2.21. The Labute approximate surface area is 139 Å². The number of benzene rings is 1.